The number of benzene rings is 1. The average Bonchev–Trinajstić information content (AvgIpc) is 2.62. The smallest absolute Gasteiger partial charge is 0.338 e. The van der Waals surface area contributed by atoms with E-state index in [1.807, 2.05) is 18.2 Å². The van der Waals surface area contributed by atoms with E-state index in [1.54, 1.807) is 6.07 Å². The van der Waals surface area contributed by atoms with Crippen LogP contribution < -0.4 is 0 Å². The van der Waals surface area contributed by atoms with E-state index < -0.39 is 0 Å². The summed E-state index contributed by atoms with van der Waals surface area (Å²) in [5.41, 5.74) is 2.78. The molecule has 0 unspecified atom stereocenters. The first-order chi connectivity index (χ1) is 6.72. The summed E-state index contributed by atoms with van der Waals surface area (Å²) in [4.78, 5) is 11.4. The molecule has 2 nitrogen and oxygen atoms in total. The number of rotatable bonds is 1. The minimum Gasteiger partial charge on any atom is -0.465 e. The average molecular weight is 253 g/mol. The van der Waals surface area contributed by atoms with E-state index >= 15 is 0 Å². The summed E-state index contributed by atoms with van der Waals surface area (Å²) in [7, 11) is 1.40. The lowest BCUT2D eigenvalue weighted by atomic mass is 10.0. The van der Waals surface area contributed by atoms with E-state index in [2.05, 4.69) is 15.9 Å². The quantitative estimate of drug-likeness (QED) is 0.719. The summed E-state index contributed by atoms with van der Waals surface area (Å²) in [5, 5.41) is 0. The molecule has 3 heteroatoms. The van der Waals surface area contributed by atoms with E-state index in [0.29, 0.717) is 5.56 Å². The molecule has 1 aromatic carbocycles. The van der Waals surface area contributed by atoms with E-state index in [0.717, 1.165) is 16.5 Å². The van der Waals surface area contributed by atoms with Gasteiger partial charge in [-0.05, 0) is 29.7 Å². The van der Waals surface area contributed by atoms with Gasteiger partial charge in [-0.25, -0.2) is 4.79 Å². The molecule has 1 aliphatic carbocycles. The van der Waals surface area contributed by atoms with Gasteiger partial charge in [0.25, 0.3) is 0 Å². The summed E-state index contributed by atoms with van der Waals surface area (Å²) in [5.74, 6) is -0.283. The SMILES string of the molecule is COC(=O)c1cc(Br)cc2c1C=CC2. The van der Waals surface area contributed by atoms with Crippen molar-refractivity contribution in [2.24, 2.45) is 0 Å². The molecule has 2 rings (SSSR count). The molecule has 0 heterocycles. The minimum atomic E-state index is -0.283. The fraction of sp³-hybridized carbons (Fsp3) is 0.182. The normalized spacial score (nSPS) is 12.7. The first-order valence-electron chi connectivity index (χ1n) is 4.29. The molecule has 0 radical (unpaired) electrons. The van der Waals surface area contributed by atoms with Gasteiger partial charge in [0.15, 0.2) is 0 Å². The van der Waals surface area contributed by atoms with Crippen molar-refractivity contribution in [1.29, 1.82) is 0 Å². The van der Waals surface area contributed by atoms with Crippen LogP contribution in [-0.2, 0) is 11.2 Å². The number of hydrogen-bond acceptors (Lipinski definition) is 2. The zero-order chi connectivity index (χ0) is 10.1. The fourth-order valence-electron chi connectivity index (χ4n) is 1.62. The van der Waals surface area contributed by atoms with Crippen molar-refractivity contribution in [2.75, 3.05) is 7.11 Å². The van der Waals surface area contributed by atoms with Gasteiger partial charge >= 0.3 is 5.97 Å². The highest BCUT2D eigenvalue weighted by atomic mass is 79.9. The standard InChI is InChI=1S/C11H9BrO2/c1-14-11(13)10-6-8(12)5-7-3-2-4-9(7)10/h2,4-6H,3H2,1H3. The van der Waals surface area contributed by atoms with Crippen LogP contribution in [0.2, 0.25) is 0 Å². The number of allylic oxidation sites excluding steroid dienone is 1. The van der Waals surface area contributed by atoms with Crippen molar-refractivity contribution in [3.63, 3.8) is 0 Å². The van der Waals surface area contributed by atoms with Crippen LogP contribution in [0.25, 0.3) is 6.08 Å². The van der Waals surface area contributed by atoms with Gasteiger partial charge in [0.2, 0.25) is 0 Å². The molecule has 0 saturated heterocycles. The molecule has 0 fully saturated rings. The Balaban J connectivity index is 2.58. The highest BCUT2D eigenvalue weighted by Crippen LogP contribution is 2.28. The van der Waals surface area contributed by atoms with Crippen LogP contribution in [0.1, 0.15) is 21.5 Å². The Labute approximate surface area is 90.7 Å². The Hall–Kier alpha value is -1.09. The van der Waals surface area contributed by atoms with Crippen molar-refractivity contribution in [2.45, 2.75) is 6.42 Å². The molecule has 14 heavy (non-hydrogen) atoms. The Morgan fingerprint density at radius 2 is 2.29 bits per heavy atom. The van der Waals surface area contributed by atoms with Crippen LogP contribution in [0.15, 0.2) is 22.7 Å². The van der Waals surface area contributed by atoms with Crippen molar-refractivity contribution in [1.82, 2.24) is 0 Å². The van der Waals surface area contributed by atoms with E-state index in [9.17, 15) is 4.79 Å². The molecular formula is C11H9BrO2. The lowest BCUT2D eigenvalue weighted by Crippen LogP contribution is -2.04. The third kappa shape index (κ3) is 1.48. The number of hydrogen-bond donors (Lipinski definition) is 0. The number of carbonyl (C=O) groups is 1. The molecule has 0 atom stereocenters. The lowest BCUT2D eigenvalue weighted by Gasteiger charge is -2.06. The molecule has 0 bridgehead atoms. The highest BCUT2D eigenvalue weighted by molar-refractivity contribution is 9.10. The predicted octanol–water partition coefficient (Wildman–Crippen LogP) is 2.81. The summed E-state index contributed by atoms with van der Waals surface area (Å²) in [6.45, 7) is 0. The van der Waals surface area contributed by atoms with Crippen LogP contribution in [0.3, 0.4) is 0 Å². The van der Waals surface area contributed by atoms with Gasteiger partial charge in [0, 0.05) is 4.47 Å². The van der Waals surface area contributed by atoms with Gasteiger partial charge in [-0.15, -0.1) is 0 Å². The summed E-state index contributed by atoms with van der Waals surface area (Å²) in [6, 6.07) is 3.82. The Bertz CT molecular complexity index is 422. The zero-order valence-electron chi connectivity index (χ0n) is 7.71. The molecule has 0 aromatic heterocycles. The van der Waals surface area contributed by atoms with Crippen LogP contribution in [0.5, 0.6) is 0 Å². The van der Waals surface area contributed by atoms with Crippen LogP contribution in [0, 0.1) is 0 Å². The highest BCUT2D eigenvalue weighted by Gasteiger charge is 2.16. The number of ether oxygens (including phenoxy) is 1. The maximum absolute atomic E-state index is 11.4. The molecule has 0 saturated carbocycles. The van der Waals surface area contributed by atoms with Crippen molar-refractivity contribution in [3.8, 4) is 0 Å². The molecule has 0 N–H and O–H groups in total. The van der Waals surface area contributed by atoms with Crippen LogP contribution in [0.4, 0.5) is 0 Å². The minimum absolute atomic E-state index is 0.283. The van der Waals surface area contributed by atoms with Gasteiger partial charge in [0.05, 0.1) is 12.7 Å². The first-order valence-corrected chi connectivity index (χ1v) is 5.09. The van der Waals surface area contributed by atoms with Gasteiger partial charge < -0.3 is 4.74 Å². The molecule has 1 aliphatic rings. The molecular weight excluding hydrogens is 244 g/mol. The fourth-order valence-corrected chi connectivity index (χ4v) is 2.13. The van der Waals surface area contributed by atoms with E-state index in [-0.39, 0.29) is 5.97 Å². The third-order valence-electron chi connectivity index (χ3n) is 2.26. The van der Waals surface area contributed by atoms with Gasteiger partial charge in [-0.2, -0.15) is 0 Å². The van der Waals surface area contributed by atoms with Gasteiger partial charge in [-0.3, -0.25) is 0 Å². The summed E-state index contributed by atoms with van der Waals surface area (Å²) < 4.78 is 5.64. The molecule has 72 valence electrons. The topological polar surface area (TPSA) is 26.3 Å². The maximum atomic E-state index is 11.4. The summed E-state index contributed by atoms with van der Waals surface area (Å²) in [6.07, 6.45) is 4.90. The molecule has 0 amide bonds. The van der Waals surface area contributed by atoms with Crippen LogP contribution in [-0.4, -0.2) is 13.1 Å². The third-order valence-corrected chi connectivity index (χ3v) is 2.72. The molecule has 0 aliphatic heterocycles. The predicted molar refractivity (Wildman–Crippen MR) is 58.2 cm³/mol. The second-order valence-electron chi connectivity index (χ2n) is 3.12. The number of esters is 1. The Kier molecular flexibility index (Phi) is 2.42. The monoisotopic (exact) mass is 252 g/mol. The van der Waals surface area contributed by atoms with Crippen LogP contribution >= 0.6 is 15.9 Å². The second kappa shape index (κ2) is 3.58. The van der Waals surface area contributed by atoms with Gasteiger partial charge in [0.1, 0.15) is 0 Å². The van der Waals surface area contributed by atoms with Crippen molar-refractivity contribution >= 4 is 28.0 Å². The number of methoxy groups -OCH3 is 1. The summed E-state index contributed by atoms with van der Waals surface area (Å²) >= 11 is 3.38. The van der Waals surface area contributed by atoms with E-state index in [4.69, 9.17) is 4.74 Å². The Morgan fingerprint density at radius 1 is 1.50 bits per heavy atom. The van der Waals surface area contributed by atoms with E-state index in [1.165, 1.54) is 12.7 Å². The van der Waals surface area contributed by atoms with Gasteiger partial charge in [-0.1, -0.05) is 28.1 Å². The molecule has 0 spiro atoms. The second-order valence-corrected chi connectivity index (χ2v) is 4.04. The zero-order valence-corrected chi connectivity index (χ0v) is 9.30. The number of halogens is 1. The molecule has 1 aromatic rings. The van der Waals surface area contributed by atoms with Crippen molar-refractivity contribution < 1.29 is 9.53 Å². The van der Waals surface area contributed by atoms with Crippen molar-refractivity contribution in [3.05, 3.63) is 39.4 Å². The Morgan fingerprint density at radius 3 is 3.00 bits per heavy atom. The first kappa shape index (κ1) is 9.46. The largest absolute Gasteiger partial charge is 0.465 e. The number of carbonyl (C=O) groups excluding carboxylic acids is 1. The maximum Gasteiger partial charge on any atom is 0.338 e. The number of fused-ring (bicyclic) bond motifs is 1. The lowest BCUT2D eigenvalue weighted by molar-refractivity contribution is 0.0600.